The van der Waals surface area contributed by atoms with E-state index in [0.29, 0.717) is 29.5 Å². The first-order chi connectivity index (χ1) is 13.0. The van der Waals surface area contributed by atoms with Crippen LogP contribution in [0.1, 0.15) is 28.0 Å². The minimum atomic E-state index is -0.143. The van der Waals surface area contributed by atoms with Crippen LogP contribution in [0.4, 0.5) is 0 Å². The zero-order valence-electron chi connectivity index (χ0n) is 16.1. The Morgan fingerprint density at radius 2 is 1.89 bits per heavy atom. The maximum atomic E-state index is 12.6. The topological polar surface area (TPSA) is 53.4 Å². The van der Waals surface area contributed by atoms with E-state index >= 15 is 0 Å². The number of likely N-dealkylation sites (N-methyl/N-ethyl adjacent to an activating group) is 1. The van der Waals surface area contributed by atoms with E-state index in [1.807, 2.05) is 37.3 Å². The molecule has 1 amide bonds. The molecule has 146 valence electrons. The summed E-state index contributed by atoms with van der Waals surface area (Å²) in [7, 11) is 2.15. The molecule has 0 aliphatic carbocycles. The highest BCUT2D eigenvalue weighted by Crippen LogP contribution is 2.20. The van der Waals surface area contributed by atoms with Crippen LogP contribution in [0.5, 0.6) is 0 Å². The second-order valence-corrected chi connectivity index (χ2v) is 7.51. The second kappa shape index (κ2) is 9.35. The Kier molecular flexibility index (Phi) is 6.88. The van der Waals surface area contributed by atoms with Gasteiger partial charge in [-0.05, 0) is 32.5 Å². The lowest BCUT2D eigenvalue weighted by molar-refractivity contribution is 0.0949. The Labute approximate surface area is 166 Å². The third kappa shape index (κ3) is 5.31. The lowest BCUT2D eigenvalue weighted by atomic mass is 10.2. The van der Waals surface area contributed by atoms with Gasteiger partial charge >= 0.3 is 0 Å². The summed E-state index contributed by atoms with van der Waals surface area (Å²) in [5.41, 5.74) is 2.24. The number of nitrogens with one attached hydrogen (secondary N) is 1. The van der Waals surface area contributed by atoms with Gasteiger partial charge in [-0.1, -0.05) is 41.9 Å². The standard InChI is InChI=1S/C20H28ClN5O/c1-16-18(19(21)26(23-16)15-17-7-4-3-5-8-17)20(27)22-9-6-10-25-13-11-24(2)12-14-25/h3-5,7-8H,6,9-15H2,1-2H3,(H,22,27). The van der Waals surface area contributed by atoms with Crippen LogP contribution in [0.15, 0.2) is 30.3 Å². The molecule has 6 nitrogen and oxygen atoms in total. The van der Waals surface area contributed by atoms with Gasteiger partial charge in [0.1, 0.15) is 5.15 Å². The largest absolute Gasteiger partial charge is 0.352 e. The quantitative estimate of drug-likeness (QED) is 0.738. The molecule has 1 N–H and O–H groups in total. The van der Waals surface area contributed by atoms with Crippen molar-refractivity contribution in [2.75, 3.05) is 46.3 Å². The molecule has 0 bridgehead atoms. The molecule has 1 fully saturated rings. The number of hydrogen-bond acceptors (Lipinski definition) is 4. The van der Waals surface area contributed by atoms with Crippen molar-refractivity contribution >= 4 is 17.5 Å². The first kappa shape index (κ1) is 19.9. The van der Waals surface area contributed by atoms with Crippen molar-refractivity contribution in [3.05, 3.63) is 52.3 Å². The zero-order chi connectivity index (χ0) is 19.2. The molecule has 0 spiro atoms. The van der Waals surface area contributed by atoms with E-state index in [-0.39, 0.29) is 5.91 Å². The van der Waals surface area contributed by atoms with Crippen LogP contribution >= 0.6 is 11.6 Å². The van der Waals surface area contributed by atoms with Crippen molar-refractivity contribution in [1.82, 2.24) is 24.9 Å². The third-order valence-electron chi connectivity index (χ3n) is 5.00. The lowest BCUT2D eigenvalue weighted by Crippen LogP contribution is -2.45. The number of aryl methyl sites for hydroxylation is 1. The number of nitrogens with zero attached hydrogens (tertiary/aromatic N) is 4. The average Bonchev–Trinajstić information content (AvgIpc) is 2.94. The Bertz CT molecular complexity index is 753. The maximum Gasteiger partial charge on any atom is 0.256 e. The van der Waals surface area contributed by atoms with E-state index < -0.39 is 0 Å². The van der Waals surface area contributed by atoms with Crippen molar-refractivity contribution in [3.63, 3.8) is 0 Å². The summed E-state index contributed by atoms with van der Waals surface area (Å²) in [5, 5.41) is 7.83. The van der Waals surface area contributed by atoms with Crippen molar-refractivity contribution in [2.24, 2.45) is 0 Å². The van der Waals surface area contributed by atoms with Gasteiger partial charge in [-0.15, -0.1) is 0 Å². The fourth-order valence-corrected chi connectivity index (χ4v) is 3.66. The molecule has 1 aliphatic heterocycles. The van der Waals surface area contributed by atoms with E-state index in [4.69, 9.17) is 11.6 Å². The number of benzene rings is 1. The molecule has 2 heterocycles. The minimum absolute atomic E-state index is 0.143. The van der Waals surface area contributed by atoms with Crippen LogP contribution < -0.4 is 5.32 Å². The van der Waals surface area contributed by atoms with Gasteiger partial charge in [0, 0.05) is 32.7 Å². The highest BCUT2D eigenvalue weighted by Gasteiger charge is 2.20. The fourth-order valence-electron chi connectivity index (χ4n) is 3.34. The summed E-state index contributed by atoms with van der Waals surface area (Å²) in [6, 6.07) is 9.97. The molecular weight excluding hydrogens is 362 g/mol. The second-order valence-electron chi connectivity index (χ2n) is 7.15. The number of aromatic nitrogens is 2. The van der Waals surface area contributed by atoms with Gasteiger partial charge in [-0.3, -0.25) is 4.79 Å². The number of hydrogen-bond donors (Lipinski definition) is 1. The highest BCUT2D eigenvalue weighted by molar-refractivity contribution is 6.33. The monoisotopic (exact) mass is 389 g/mol. The molecule has 0 saturated carbocycles. The predicted octanol–water partition coefficient (Wildman–Crippen LogP) is 2.26. The molecule has 2 aromatic rings. The molecular formula is C20H28ClN5O. The van der Waals surface area contributed by atoms with Gasteiger partial charge in [-0.2, -0.15) is 5.10 Å². The van der Waals surface area contributed by atoms with Crippen molar-refractivity contribution < 1.29 is 4.79 Å². The normalized spacial score (nSPS) is 15.8. The third-order valence-corrected chi connectivity index (χ3v) is 5.38. The van der Waals surface area contributed by atoms with Gasteiger partial charge in [-0.25, -0.2) is 4.68 Å². The fraction of sp³-hybridized carbons (Fsp3) is 0.500. The van der Waals surface area contributed by atoms with E-state index in [9.17, 15) is 4.79 Å². The number of halogens is 1. The van der Waals surface area contributed by atoms with Crippen LogP contribution in [0.25, 0.3) is 0 Å². The minimum Gasteiger partial charge on any atom is -0.352 e. The van der Waals surface area contributed by atoms with E-state index in [2.05, 4.69) is 27.3 Å². The predicted molar refractivity (Wildman–Crippen MR) is 108 cm³/mol. The molecule has 0 unspecified atom stereocenters. The molecule has 7 heteroatoms. The maximum absolute atomic E-state index is 12.6. The summed E-state index contributed by atoms with van der Waals surface area (Å²) in [4.78, 5) is 17.4. The summed E-state index contributed by atoms with van der Waals surface area (Å²) in [6.07, 6.45) is 0.935. The lowest BCUT2D eigenvalue weighted by Gasteiger charge is -2.32. The van der Waals surface area contributed by atoms with Crippen LogP contribution in [0.2, 0.25) is 5.15 Å². The van der Waals surface area contributed by atoms with Gasteiger partial charge < -0.3 is 15.1 Å². The van der Waals surface area contributed by atoms with Crippen molar-refractivity contribution in [2.45, 2.75) is 19.9 Å². The van der Waals surface area contributed by atoms with Crippen LogP contribution in [-0.4, -0.2) is 71.8 Å². The van der Waals surface area contributed by atoms with Gasteiger partial charge in [0.2, 0.25) is 0 Å². The average molecular weight is 390 g/mol. The molecule has 3 rings (SSSR count). The molecule has 1 saturated heterocycles. The summed E-state index contributed by atoms with van der Waals surface area (Å²) in [6.45, 7) is 8.45. The van der Waals surface area contributed by atoms with E-state index in [1.165, 1.54) is 0 Å². The van der Waals surface area contributed by atoms with Crippen molar-refractivity contribution in [1.29, 1.82) is 0 Å². The SMILES string of the molecule is Cc1nn(Cc2ccccc2)c(Cl)c1C(=O)NCCCN1CCN(C)CC1. The number of carbonyl (C=O) groups excluding carboxylic acids is 1. The summed E-state index contributed by atoms with van der Waals surface area (Å²) in [5.74, 6) is -0.143. The molecule has 27 heavy (non-hydrogen) atoms. The molecule has 1 aromatic carbocycles. The molecule has 0 radical (unpaired) electrons. The first-order valence-corrected chi connectivity index (χ1v) is 9.88. The van der Waals surface area contributed by atoms with Crippen molar-refractivity contribution in [3.8, 4) is 0 Å². The van der Waals surface area contributed by atoms with E-state index in [0.717, 1.165) is 44.7 Å². The smallest absolute Gasteiger partial charge is 0.256 e. The number of piperazine rings is 1. The van der Waals surface area contributed by atoms with Gasteiger partial charge in [0.05, 0.1) is 17.8 Å². The molecule has 1 aliphatic rings. The summed E-state index contributed by atoms with van der Waals surface area (Å²) >= 11 is 6.45. The Hall–Kier alpha value is -1.89. The van der Waals surface area contributed by atoms with Crippen LogP contribution in [-0.2, 0) is 6.54 Å². The van der Waals surface area contributed by atoms with Gasteiger partial charge in [0.25, 0.3) is 5.91 Å². The number of amides is 1. The van der Waals surface area contributed by atoms with Crippen LogP contribution in [0, 0.1) is 6.92 Å². The van der Waals surface area contributed by atoms with Gasteiger partial charge in [0.15, 0.2) is 0 Å². The van der Waals surface area contributed by atoms with E-state index in [1.54, 1.807) is 4.68 Å². The first-order valence-electron chi connectivity index (χ1n) is 9.50. The molecule has 0 atom stereocenters. The Morgan fingerprint density at radius 1 is 1.19 bits per heavy atom. The number of rotatable bonds is 7. The summed E-state index contributed by atoms with van der Waals surface area (Å²) < 4.78 is 1.69. The molecule has 1 aromatic heterocycles. The highest BCUT2D eigenvalue weighted by atomic mass is 35.5. The Morgan fingerprint density at radius 3 is 2.59 bits per heavy atom. The van der Waals surface area contributed by atoms with Crippen LogP contribution in [0.3, 0.4) is 0 Å². The number of carbonyl (C=O) groups is 1. The Balaban J connectivity index is 1.51. The zero-order valence-corrected chi connectivity index (χ0v) is 16.9.